The van der Waals surface area contributed by atoms with Crippen LogP contribution in [0.1, 0.15) is 13.8 Å². The lowest BCUT2D eigenvalue weighted by Crippen LogP contribution is -2.28. The quantitative estimate of drug-likeness (QED) is 0.920. The van der Waals surface area contributed by atoms with Gasteiger partial charge in [-0.2, -0.15) is 0 Å². The highest BCUT2D eigenvalue weighted by Gasteiger charge is 2.33. The molecule has 122 valence electrons. The van der Waals surface area contributed by atoms with Gasteiger partial charge in [0.2, 0.25) is 0 Å². The van der Waals surface area contributed by atoms with Gasteiger partial charge in [-0.25, -0.2) is 0 Å². The molecule has 0 spiro atoms. The summed E-state index contributed by atoms with van der Waals surface area (Å²) < 4.78 is 6.07. The van der Waals surface area contributed by atoms with Gasteiger partial charge in [-0.1, -0.05) is 24.3 Å². The number of ether oxygens (including phenoxy) is 1. The molecule has 2 aliphatic carbocycles. The van der Waals surface area contributed by atoms with Crippen molar-refractivity contribution in [2.75, 3.05) is 23.3 Å². The van der Waals surface area contributed by atoms with E-state index in [1.807, 2.05) is 36.4 Å². The number of allylic oxidation sites excluding steroid dienone is 6. The van der Waals surface area contributed by atoms with E-state index >= 15 is 0 Å². The van der Waals surface area contributed by atoms with Crippen LogP contribution in [0.2, 0.25) is 0 Å². The van der Waals surface area contributed by atoms with Gasteiger partial charge in [-0.15, -0.1) is 0 Å². The molecule has 1 aliphatic heterocycles. The predicted molar refractivity (Wildman–Crippen MR) is 96.1 cm³/mol. The summed E-state index contributed by atoms with van der Waals surface area (Å²) in [7, 11) is 0. The van der Waals surface area contributed by atoms with Crippen LogP contribution in [0.3, 0.4) is 0 Å². The van der Waals surface area contributed by atoms with Crippen molar-refractivity contribution in [2.24, 2.45) is 5.92 Å². The Kier molecular flexibility index (Phi) is 3.53. The second-order valence-electron chi connectivity index (χ2n) is 6.04. The van der Waals surface area contributed by atoms with Gasteiger partial charge in [0.25, 0.3) is 0 Å². The standard InChI is InChI=1S/C20H20N2O2/c1-3-22(4-2)13-9-10-16-18(11-13)24-19-12-17(23)14-7-5-6-8-15(14)20(19)21-16/h5-12,14,21H,3-4H2,1-2H3. The Morgan fingerprint density at radius 3 is 2.83 bits per heavy atom. The number of carbonyl (C=O) groups excluding carboxylic acids is 1. The van der Waals surface area contributed by atoms with Crippen molar-refractivity contribution in [3.05, 3.63) is 65.6 Å². The first kappa shape index (κ1) is 14.8. The third-order valence-corrected chi connectivity index (χ3v) is 4.71. The number of rotatable bonds is 3. The Bertz CT molecular complexity index is 826. The predicted octanol–water partition coefficient (Wildman–Crippen LogP) is 3.80. The number of fused-ring (bicyclic) bond motifs is 3. The van der Waals surface area contributed by atoms with Crippen molar-refractivity contribution in [1.82, 2.24) is 0 Å². The molecule has 4 rings (SSSR count). The van der Waals surface area contributed by atoms with Gasteiger partial charge < -0.3 is 15.0 Å². The number of carbonyl (C=O) groups is 1. The van der Waals surface area contributed by atoms with Crippen molar-refractivity contribution >= 4 is 17.2 Å². The van der Waals surface area contributed by atoms with E-state index in [-0.39, 0.29) is 11.7 Å². The summed E-state index contributed by atoms with van der Waals surface area (Å²) in [5.74, 6) is 1.22. The summed E-state index contributed by atoms with van der Waals surface area (Å²) in [6.07, 6.45) is 9.39. The fourth-order valence-corrected chi connectivity index (χ4v) is 3.41. The zero-order valence-corrected chi connectivity index (χ0v) is 13.9. The molecule has 0 bridgehead atoms. The summed E-state index contributed by atoms with van der Waals surface area (Å²) in [6, 6.07) is 6.18. The first-order valence-corrected chi connectivity index (χ1v) is 8.40. The topological polar surface area (TPSA) is 41.6 Å². The van der Waals surface area contributed by atoms with Crippen LogP contribution in [0.25, 0.3) is 0 Å². The van der Waals surface area contributed by atoms with Crippen LogP contribution in [-0.2, 0) is 4.79 Å². The van der Waals surface area contributed by atoms with Crippen molar-refractivity contribution in [1.29, 1.82) is 0 Å². The Labute approximate surface area is 141 Å². The summed E-state index contributed by atoms with van der Waals surface area (Å²) in [6.45, 7) is 6.15. The first-order chi connectivity index (χ1) is 11.7. The molecule has 4 heteroatoms. The molecule has 24 heavy (non-hydrogen) atoms. The van der Waals surface area contributed by atoms with Crippen LogP contribution in [-0.4, -0.2) is 18.9 Å². The van der Waals surface area contributed by atoms with Gasteiger partial charge in [0.1, 0.15) is 0 Å². The molecule has 1 atom stereocenters. The highest BCUT2D eigenvalue weighted by atomic mass is 16.5. The molecule has 0 aromatic heterocycles. The maximum absolute atomic E-state index is 12.4. The first-order valence-electron chi connectivity index (χ1n) is 8.40. The highest BCUT2D eigenvalue weighted by molar-refractivity contribution is 5.99. The van der Waals surface area contributed by atoms with E-state index in [1.165, 1.54) is 0 Å². The van der Waals surface area contributed by atoms with E-state index in [9.17, 15) is 4.79 Å². The summed E-state index contributed by atoms with van der Waals surface area (Å²) in [5.41, 5.74) is 3.92. The molecule has 3 aliphatic rings. The fourth-order valence-electron chi connectivity index (χ4n) is 3.41. The van der Waals surface area contributed by atoms with Crippen molar-refractivity contribution in [2.45, 2.75) is 13.8 Å². The second kappa shape index (κ2) is 5.71. The zero-order valence-electron chi connectivity index (χ0n) is 13.9. The van der Waals surface area contributed by atoms with Gasteiger partial charge in [0.05, 0.1) is 17.3 Å². The van der Waals surface area contributed by atoms with E-state index < -0.39 is 0 Å². The van der Waals surface area contributed by atoms with Crippen molar-refractivity contribution in [3.8, 4) is 5.75 Å². The molecule has 0 radical (unpaired) electrons. The largest absolute Gasteiger partial charge is 0.453 e. The van der Waals surface area contributed by atoms with Crippen LogP contribution in [0, 0.1) is 5.92 Å². The molecule has 4 nitrogen and oxygen atoms in total. The van der Waals surface area contributed by atoms with Gasteiger partial charge in [-0.3, -0.25) is 4.79 Å². The van der Waals surface area contributed by atoms with E-state index in [2.05, 4.69) is 30.1 Å². The third kappa shape index (κ3) is 2.26. The third-order valence-electron chi connectivity index (χ3n) is 4.71. The molecule has 1 unspecified atom stereocenters. The lowest BCUT2D eigenvalue weighted by molar-refractivity contribution is -0.116. The number of hydrogen-bond acceptors (Lipinski definition) is 4. The maximum Gasteiger partial charge on any atom is 0.170 e. The van der Waals surface area contributed by atoms with Crippen LogP contribution in [0.15, 0.2) is 65.6 Å². The van der Waals surface area contributed by atoms with Crippen LogP contribution >= 0.6 is 0 Å². The Morgan fingerprint density at radius 1 is 1.21 bits per heavy atom. The number of hydrogen-bond donors (Lipinski definition) is 1. The SMILES string of the molecule is CCN(CC)c1ccc2c(c1)OC1=CC(=O)C3C=CC=CC3=C1N2. The minimum atomic E-state index is -0.207. The lowest BCUT2D eigenvalue weighted by Gasteiger charge is -2.32. The van der Waals surface area contributed by atoms with E-state index in [0.29, 0.717) is 5.76 Å². The number of nitrogens with one attached hydrogen (secondary N) is 1. The van der Waals surface area contributed by atoms with Gasteiger partial charge in [0, 0.05) is 30.9 Å². The Hall–Kier alpha value is -2.75. The van der Waals surface area contributed by atoms with Gasteiger partial charge in [-0.05, 0) is 31.6 Å². The molecule has 1 aromatic carbocycles. The van der Waals surface area contributed by atoms with Crippen molar-refractivity contribution < 1.29 is 9.53 Å². The zero-order chi connectivity index (χ0) is 16.7. The monoisotopic (exact) mass is 320 g/mol. The molecule has 0 saturated heterocycles. The molecule has 1 N–H and O–H groups in total. The molecule has 0 amide bonds. The molecular formula is C20H20N2O2. The van der Waals surface area contributed by atoms with Crippen molar-refractivity contribution in [3.63, 3.8) is 0 Å². The summed E-state index contributed by atoms with van der Waals surface area (Å²) >= 11 is 0. The fraction of sp³-hybridized carbons (Fsp3) is 0.250. The Balaban J connectivity index is 1.76. The minimum Gasteiger partial charge on any atom is -0.453 e. The normalized spacial score (nSPS) is 20.5. The molecular weight excluding hydrogens is 300 g/mol. The number of benzene rings is 1. The summed E-state index contributed by atoms with van der Waals surface area (Å²) in [5, 5.41) is 3.45. The van der Waals surface area contributed by atoms with Gasteiger partial charge in [0.15, 0.2) is 17.3 Å². The smallest absolute Gasteiger partial charge is 0.170 e. The summed E-state index contributed by atoms with van der Waals surface area (Å²) in [4.78, 5) is 14.6. The maximum atomic E-state index is 12.4. The average molecular weight is 320 g/mol. The van der Waals surface area contributed by atoms with E-state index in [0.717, 1.165) is 41.5 Å². The van der Waals surface area contributed by atoms with Crippen LogP contribution in [0.5, 0.6) is 5.75 Å². The second-order valence-corrected chi connectivity index (χ2v) is 6.04. The van der Waals surface area contributed by atoms with Crippen LogP contribution < -0.4 is 15.0 Å². The highest BCUT2D eigenvalue weighted by Crippen LogP contribution is 2.42. The molecule has 1 aromatic rings. The lowest BCUT2D eigenvalue weighted by atomic mass is 9.84. The van der Waals surface area contributed by atoms with Gasteiger partial charge >= 0.3 is 0 Å². The number of anilines is 2. The van der Waals surface area contributed by atoms with E-state index in [4.69, 9.17) is 4.74 Å². The molecule has 0 saturated carbocycles. The average Bonchev–Trinajstić information content (AvgIpc) is 2.62. The number of nitrogens with zero attached hydrogens (tertiary/aromatic N) is 1. The van der Waals surface area contributed by atoms with Crippen LogP contribution in [0.4, 0.5) is 11.4 Å². The number of ketones is 1. The molecule has 0 fully saturated rings. The Morgan fingerprint density at radius 2 is 2.04 bits per heavy atom. The molecule has 1 heterocycles. The van der Waals surface area contributed by atoms with E-state index in [1.54, 1.807) is 6.08 Å². The minimum absolute atomic E-state index is 0.0643.